The lowest BCUT2D eigenvalue weighted by atomic mass is 9.58. The zero-order chi connectivity index (χ0) is 13.3. The first kappa shape index (κ1) is 12.6. The zero-order valence-corrected chi connectivity index (χ0v) is 8.93. The van der Waals surface area contributed by atoms with E-state index in [1.54, 1.807) is 0 Å². The molecule has 0 aliphatic heterocycles. The Morgan fingerprint density at radius 3 is 1.11 bits per heavy atom. The summed E-state index contributed by atoms with van der Waals surface area (Å²) in [5.74, 6) is -3.82. The van der Waals surface area contributed by atoms with E-state index < -0.39 is 30.3 Å². The summed E-state index contributed by atoms with van der Waals surface area (Å²) in [4.78, 5) is 0. The van der Waals surface area contributed by atoms with Crippen LogP contribution in [0.15, 0.2) is 36.4 Å². The van der Waals surface area contributed by atoms with Crippen molar-refractivity contribution in [3.8, 4) is 0 Å². The van der Waals surface area contributed by atoms with E-state index in [4.69, 9.17) is 0 Å². The monoisotopic (exact) mass is 256 g/mol. The maximum atomic E-state index is 13.9. The summed E-state index contributed by atoms with van der Waals surface area (Å²) in [6.45, 7) is -2.00. The van der Waals surface area contributed by atoms with Gasteiger partial charge >= 0.3 is 6.99 Å². The largest absolute Gasteiger partial charge is 0.414 e. The second-order valence-corrected chi connectivity index (χ2v) is 3.77. The minimum atomic E-state index is -2.00. The summed E-state index contributed by atoms with van der Waals surface area (Å²) in [7, 11) is 0. The molecule has 0 nitrogen and oxygen atoms in total. The van der Waals surface area contributed by atoms with Crippen LogP contribution in [0.3, 0.4) is 0 Å². The third-order valence-electron chi connectivity index (χ3n) is 2.36. The average molecular weight is 256 g/mol. The fraction of sp³-hybridized carbons (Fsp3) is 0. The molecule has 0 atom stereocenters. The van der Waals surface area contributed by atoms with Crippen molar-refractivity contribution >= 4 is 17.9 Å². The van der Waals surface area contributed by atoms with Crippen LogP contribution < -0.4 is 10.9 Å². The predicted octanol–water partition coefficient (Wildman–Crippen LogP) is 2.32. The Morgan fingerprint density at radius 2 is 0.833 bits per heavy atom. The molecule has 2 aromatic rings. The van der Waals surface area contributed by atoms with Gasteiger partial charge in [0, 0.05) is 12.1 Å². The van der Waals surface area contributed by atoms with Gasteiger partial charge in [0.15, 0.2) is 0 Å². The zero-order valence-electron chi connectivity index (χ0n) is 8.93. The van der Waals surface area contributed by atoms with E-state index in [2.05, 4.69) is 0 Å². The first-order valence-corrected chi connectivity index (χ1v) is 5.02. The Hall–Kier alpha value is -1.85. The molecule has 18 heavy (non-hydrogen) atoms. The van der Waals surface area contributed by atoms with Gasteiger partial charge in [0.2, 0.25) is 0 Å². The van der Waals surface area contributed by atoms with Crippen LogP contribution in [0.4, 0.5) is 21.9 Å². The number of hydrogen-bond acceptors (Lipinski definition) is 0. The second kappa shape index (κ2) is 4.80. The molecular formula is C12H6BF5. The Kier molecular flexibility index (Phi) is 3.36. The van der Waals surface area contributed by atoms with Crippen LogP contribution in [-0.4, -0.2) is 6.99 Å². The van der Waals surface area contributed by atoms with Gasteiger partial charge in [-0.15, -0.1) is 0 Å². The Morgan fingerprint density at radius 1 is 0.556 bits per heavy atom. The molecule has 0 spiro atoms. The van der Waals surface area contributed by atoms with Crippen molar-refractivity contribution in [2.45, 2.75) is 0 Å². The van der Waals surface area contributed by atoms with Crippen molar-refractivity contribution in [1.29, 1.82) is 0 Å². The molecule has 0 amide bonds. The van der Waals surface area contributed by atoms with Crippen molar-refractivity contribution in [2.24, 2.45) is 0 Å². The van der Waals surface area contributed by atoms with Gasteiger partial charge in [-0.3, -0.25) is 0 Å². The fourth-order valence-corrected chi connectivity index (χ4v) is 1.64. The van der Waals surface area contributed by atoms with Crippen LogP contribution >= 0.6 is 0 Å². The van der Waals surface area contributed by atoms with Crippen molar-refractivity contribution < 1.29 is 21.9 Å². The molecule has 6 heteroatoms. The molecule has 2 aromatic carbocycles. The van der Waals surface area contributed by atoms with Crippen LogP contribution in [0.5, 0.6) is 0 Å². The highest BCUT2D eigenvalue weighted by atomic mass is 19.1. The van der Waals surface area contributed by atoms with Gasteiger partial charge in [0.1, 0.15) is 23.3 Å². The summed E-state index contributed by atoms with van der Waals surface area (Å²) in [5, 5.41) is 0. The quantitative estimate of drug-likeness (QED) is 0.571. The summed E-state index contributed by atoms with van der Waals surface area (Å²) in [5.41, 5.74) is -0.671. The summed E-state index contributed by atoms with van der Waals surface area (Å²) < 4.78 is 65.6. The minimum absolute atomic E-state index is 0.336. The molecule has 0 aliphatic rings. The molecule has 92 valence electrons. The first-order valence-electron chi connectivity index (χ1n) is 5.02. The number of halogens is 5. The number of hydrogen-bond donors (Lipinski definition) is 0. The molecule has 0 radical (unpaired) electrons. The van der Waals surface area contributed by atoms with Crippen LogP contribution in [0.2, 0.25) is 0 Å². The third-order valence-corrected chi connectivity index (χ3v) is 2.36. The Balaban J connectivity index is 2.43. The van der Waals surface area contributed by atoms with Crippen LogP contribution in [0, 0.1) is 23.3 Å². The third kappa shape index (κ3) is 2.69. The lowest BCUT2D eigenvalue weighted by Gasteiger charge is -2.06. The van der Waals surface area contributed by atoms with E-state index in [1.807, 2.05) is 0 Å². The predicted molar refractivity (Wildman–Crippen MR) is 58.8 cm³/mol. The molecule has 0 N–H and O–H groups in total. The molecule has 0 saturated heterocycles. The van der Waals surface area contributed by atoms with Gasteiger partial charge in [-0.05, 0) is 35.2 Å². The van der Waals surface area contributed by atoms with Gasteiger partial charge in [0.25, 0.3) is 0 Å². The normalized spacial score (nSPS) is 10.5. The minimum Gasteiger partial charge on any atom is -0.322 e. The van der Waals surface area contributed by atoms with Crippen LogP contribution in [0.25, 0.3) is 0 Å². The van der Waals surface area contributed by atoms with Crippen LogP contribution in [-0.2, 0) is 0 Å². The van der Waals surface area contributed by atoms with E-state index in [1.165, 1.54) is 0 Å². The van der Waals surface area contributed by atoms with Gasteiger partial charge in [-0.2, -0.15) is 0 Å². The van der Waals surface area contributed by atoms with Gasteiger partial charge < -0.3 is 4.32 Å². The first-order chi connectivity index (χ1) is 8.45. The highest BCUT2D eigenvalue weighted by Crippen LogP contribution is 2.04. The number of benzene rings is 2. The van der Waals surface area contributed by atoms with E-state index in [0.29, 0.717) is 12.1 Å². The van der Waals surface area contributed by atoms with Crippen molar-refractivity contribution in [2.75, 3.05) is 0 Å². The molecule has 0 bridgehead atoms. The molecule has 0 heterocycles. The summed E-state index contributed by atoms with van der Waals surface area (Å²) >= 11 is 0. The van der Waals surface area contributed by atoms with Crippen LogP contribution in [0.1, 0.15) is 0 Å². The molecule has 2 rings (SSSR count). The van der Waals surface area contributed by atoms with Gasteiger partial charge in [-0.25, -0.2) is 17.6 Å². The number of rotatable bonds is 2. The van der Waals surface area contributed by atoms with Gasteiger partial charge in [-0.1, -0.05) is 0 Å². The summed E-state index contributed by atoms with van der Waals surface area (Å²) in [6.07, 6.45) is 0. The topological polar surface area (TPSA) is 0 Å². The maximum absolute atomic E-state index is 13.9. The SMILES string of the molecule is FB(c1cc(F)cc(F)c1)c1cc(F)cc(F)c1. The van der Waals surface area contributed by atoms with E-state index in [9.17, 15) is 21.9 Å². The average Bonchev–Trinajstić information content (AvgIpc) is 2.25. The van der Waals surface area contributed by atoms with Gasteiger partial charge in [0.05, 0.1) is 0 Å². The highest BCUT2D eigenvalue weighted by molar-refractivity contribution is 6.79. The fourth-order valence-electron chi connectivity index (χ4n) is 1.64. The standard InChI is InChI=1S/C12H6BF5/c14-9-1-7(2-10(15)5-9)13(18)8-3-11(16)6-12(17)4-8/h1-6H. The highest BCUT2D eigenvalue weighted by Gasteiger charge is 2.22. The lowest BCUT2D eigenvalue weighted by molar-refractivity contribution is 0.584. The van der Waals surface area contributed by atoms with E-state index in [0.717, 1.165) is 24.3 Å². The van der Waals surface area contributed by atoms with Crippen molar-refractivity contribution in [3.63, 3.8) is 0 Å². The molecular weight excluding hydrogens is 250 g/mol. The second-order valence-electron chi connectivity index (χ2n) is 3.77. The Bertz CT molecular complexity index is 493. The molecule has 0 aliphatic carbocycles. The lowest BCUT2D eigenvalue weighted by Crippen LogP contribution is -2.39. The van der Waals surface area contributed by atoms with Crippen molar-refractivity contribution in [3.05, 3.63) is 59.7 Å². The van der Waals surface area contributed by atoms with E-state index >= 15 is 0 Å². The molecule has 0 aromatic heterocycles. The van der Waals surface area contributed by atoms with E-state index in [-0.39, 0.29) is 10.9 Å². The molecule has 0 fully saturated rings. The molecule has 0 saturated carbocycles. The summed E-state index contributed by atoms with van der Waals surface area (Å²) in [6, 6.07) is 4.27. The Labute approximate surface area is 100 Å². The van der Waals surface area contributed by atoms with Crippen molar-refractivity contribution in [1.82, 2.24) is 0 Å². The smallest absolute Gasteiger partial charge is 0.322 e. The molecule has 0 unspecified atom stereocenters. The maximum Gasteiger partial charge on any atom is 0.414 e.